The van der Waals surface area contributed by atoms with Crippen molar-refractivity contribution in [1.82, 2.24) is 30.7 Å². The minimum absolute atomic E-state index is 0.0220. The zero-order chi connectivity index (χ0) is 46.1. The van der Waals surface area contributed by atoms with Crippen LogP contribution in [0, 0.1) is 40.9 Å². The first kappa shape index (κ1) is 52.9. The lowest BCUT2D eigenvalue weighted by atomic mass is 9.84. The van der Waals surface area contributed by atoms with Gasteiger partial charge in [-0.05, 0) is 62.2 Å². The zero-order valence-corrected chi connectivity index (χ0v) is 39.4. The third-order valence-corrected chi connectivity index (χ3v) is 12.4. The van der Waals surface area contributed by atoms with E-state index in [1.165, 1.54) is 35.7 Å². The summed E-state index contributed by atoms with van der Waals surface area (Å²) in [5, 5.41) is 18.1. The van der Waals surface area contributed by atoms with E-state index in [1.807, 2.05) is 40.7 Å². The van der Waals surface area contributed by atoms with Crippen molar-refractivity contribution in [2.24, 2.45) is 29.6 Å². The number of hydrogen-bond donors (Lipinski definition) is 3. The Hall–Kier alpha value is -4.22. The van der Waals surface area contributed by atoms with Crippen molar-refractivity contribution in [2.75, 3.05) is 21.1 Å². The molecule has 3 N–H and O–H groups in total. The van der Waals surface area contributed by atoms with Crippen LogP contribution >= 0.6 is 0 Å². The van der Waals surface area contributed by atoms with Crippen LogP contribution in [0.5, 0.6) is 0 Å². The molecule has 15 nitrogen and oxygen atoms in total. The largest absolute Gasteiger partial charge is 0.451 e. The fraction of sp³-hybridized carbons (Fsp3) is 0.826. The second-order valence-electron chi connectivity index (χ2n) is 19.0. The number of esters is 1. The number of likely N-dealkylation sites (N-methyl/N-ethyl adjacent to an activating group) is 3. The summed E-state index contributed by atoms with van der Waals surface area (Å²) in [4.78, 5) is 104. The molecule has 15 heteroatoms. The quantitative estimate of drug-likeness (QED) is 0.199. The lowest BCUT2D eigenvalue weighted by Gasteiger charge is -2.37. The van der Waals surface area contributed by atoms with Gasteiger partial charge in [0.2, 0.25) is 29.5 Å². The summed E-state index contributed by atoms with van der Waals surface area (Å²) < 4.78 is 5.72. The Morgan fingerprint density at radius 1 is 0.705 bits per heavy atom. The zero-order valence-electron chi connectivity index (χ0n) is 39.4. The summed E-state index contributed by atoms with van der Waals surface area (Å²) in [5.41, 5.74) is 0. The lowest BCUT2D eigenvalue weighted by molar-refractivity contribution is -0.163. The summed E-state index contributed by atoms with van der Waals surface area (Å²) in [5.74, 6) is -4.67. The molecule has 2 fully saturated rings. The smallest absolute Gasteiger partial charge is 0.329 e. The predicted octanol–water partition coefficient (Wildman–Crippen LogP) is 5.11. The van der Waals surface area contributed by atoms with Crippen LogP contribution < -0.4 is 16.0 Å². The van der Waals surface area contributed by atoms with Gasteiger partial charge in [-0.2, -0.15) is 5.26 Å². The molecule has 2 rings (SSSR count). The number of nitrogens with zero attached hydrogens (tertiary/aromatic N) is 4. The number of hydrogen-bond acceptors (Lipinski definition) is 9. The van der Waals surface area contributed by atoms with Gasteiger partial charge in [0.05, 0.1) is 6.07 Å². The van der Waals surface area contributed by atoms with Crippen LogP contribution in [0.25, 0.3) is 0 Å². The maximum absolute atomic E-state index is 14.7. The molecule has 1 saturated carbocycles. The van der Waals surface area contributed by atoms with Crippen LogP contribution in [-0.2, 0) is 38.3 Å². The third kappa shape index (κ3) is 16.2. The number of ether oxygens (including phenoxy) is 1. The number of carbonyl (C=O) groups excluding carboxylic acids is 7. The molecule has 0 aromatic heterocycles. The van der Waals surface area contributed by atoms with Crippen molar-refractivity contribution in [3.05, 3.63) is 0 Å². The van der Waals surface area contributed by atoms with E-state index in [0.717, 1.165) is 51.4 Å². The van der Waals surface area contributed by atoms with Gasteiger partial charge in [-0.15, -0.1) is 0 Å². The van der Waals surface area contributed by atoms with E-state index in [0.29, 0.717) is 6.42 Å². The van der Waals surface area contributed by atoms with E-state index in [4.69, 9.17) is 4.74 Å². The van der Waals surface area contributed by atoms with Crippen molar-refractivity contribution >= 4 is 41.4 Å². The van der Waals surface area contributed by atoms with E-state index >= 15 is 0 Å². The van der Waals surface area contributed by atoms with Gasteiger partial charge in [0.25, 0.3) is 5.91 Å². The van der Waals surface area contributed by atoms with Crippen LogP contribution in [-0.4, -0.2) is 120 Å². The second-order valence-corrected chi connectivity index (χ2v) is 19.0. The molecule has 1 aliphatic carbocycles. The Bertz CT molecular complexity index is 1520. The van der Waals surface area contributed by atoms with Gasteiger partial charge in [-0.1, -0.05) is 107 Å². The standard InChI is InChI=1S/C46H79N7O8/c1-13-14-19-31(8)26-35-43(57)51(10)32(9)46(60)61-38(22-18-23-47)42(56)50-39(30(6)7)45(59)53(12)36(25-29(4)5)40(54)48-34(24-28(2)3)44(58)52(11)37(41(55)49-35)27-33-20-16-15-17-21-33/h28-39H,13-22,24-27H2,1-12H3,(H,48,54)(H,49,55)(H,50,56)/t31-,32+,34+,35+,36+,37+,38-,39+/m1/s1. The summed E-state index contributed by atoms with van der Waals surface area (Å²) >= 11 is 0. The van der Waals surface area contributed by atoms with E-state index in [2.05, 4.69) is 22.9 Å². The molecule has 8 atom stereocenters. The fourth-order valence-corrected chi connectivity index (χ4v) is 8.39. The van der Waals surface area contributed by atoms with Crippen molar-refractivity contribution in [3.63, 3.8) is 0 Å². The summed E-state index contributed by atoms with van der Waals surface area (Å²) in [6.07, 6.45) is 6.98. The molecular weight excluding hydrogens is 779 g/mol. The van der Waals surface area contributed by atoms with E-state index in [9.17, 15) is 38.8 Å². The molecule has 0 aromatic rings. The highest BCUT2D eigenvalue weighted by molar-refractivity contribution is 5.97. The van der Waals surface area contributed by atoms with Gasteiger partial charge < -0.3 is 35.4 Å². The average Bonchev–Trinajstić information content (AvgIpc) is 3.21. The first-order chi connectivity index (χ1) is 28.6. The molecule has 346 valence electrons. The molecule has 0 spiro atoms. The highest BCUT2D eigenvalue weighted by Crippen LogP contribution is 2.29. The second kappa shape index (κ2) is 25.7. The molecular formula is C46H79N7O8. The third-order valence-electron chi connectivity index (χ3n) is 12.4. The number of cyclic esters (lactones) is 1. The Kier molecular flexibility index (Phi) is 22.3. The van der Waals surface area contributed by atoms with E-state index in [1.54, 1.807) is 20.9 Å². The highest BCUT2D eigenvalue weighted by atomic mass is 16.5. The van der Waals surface area contributed by atoms with Crippen LogP contribution in [0.2, 0.25) is 0 Å². The predicted molar refractivity (Wildman–Crippen MR) is 234 cm³/mol. The molecule has 0 bridgehead atoms. The van der Waals surface area contributed by atoms with Gasteiger partial charge in [-0.3, -0.25) is 28.8 Å². The Balaban J connectivity index is 2.84. The minimum atomic E-state index is -1.47. The highest BCUT2D eigenvalue weighted by Gasteiger charge is 2.41. The average molecular weight is 858 g/mol. The molecule has 0 aromatic carbocycles. The van der Waals surface area contributed by atoms with Crippen LogP contribution in [0.3, 0.4) is 0 Å². The first-order valence-electron chi connectivity index (χ1n) is 22.9. The minimum Gasteiger partial charge on any atom is -0.451 e. The molecule has 0 unspecified atom stereocenters. The molecule has 61 heavy (non-hydrogen) atoms. The molecule has 0 radical (unpaired) electrons. The SMILES string of the molecule is CCCC[C@@H](C)C[C@@H]1NC(=O)[C@H](CC2CCCCC2)N(C)C(=O)[C@H](CC(C)C)NC(=O)[C@H](CC(C)C)N(C)C(=O)[C@H](C(C)C)NC(=O)[C@@H](CCC#N)OC(=O)[C@H](C)N(C)C1=O. The molecule has 1 heterocycles. The summed E-state index contributed by atoms with van der Waals surface area (Å²) in [6, 6.07) is -4.46. The number of rotatable bonds is 14. The number of nitriles is 1. The van der Waals surface area contributed by atoms with Gasteiger partial charge in [-0.25, -0.2) is 4.79 Å². The van der Waals surface area contributed by atoms with Gasteiger partial charge in [0.15, 0.2) is 6.10 Å². The summed E-state index contributed by atoms with van der Waals surface area (Å²) in [6.45, 7) is 16.7. The van der Waals surface area contributed by atoms with Crippen LogP contribution in [0.1, 0.15) is 152 Å². The van der Waals surface area contributed by atoms with Crippen LogP contribution in [0.4, 0.5) is 0 Å². The molecule has 1 aliphatic heterocycles. The van der Waals surface area contributed by atoms with Gasteiger partial charge in [0, 0.05) is 34.0 Å². The van der Waals surface area contributed by atoms with E-state index < -0.39 is 89.7 Å². The number of unbranched alkanes of at least 4 members (excludes halogenated alkanes) is 1. The fourth-order valence-electron chi connectivity index (χ4n) is 8.39. The molecule has 6 amide bonds. The van der Waals surface area contributed by atoms with Gasteiger partial charge >= 0.3 is 5.97 Å². The number of nitrogens with one attached hydrogen (secondary N) is 3. The van der Waals surface area contributed by atoms with E-state index in [-0.39, 0.29) is 55.8 Å². The number of carbonyl (C=O) groups is 7. The Morgan fingerprint density at radius 2 is 1.25 bits per heavy atom. The Morgan fingerprint density at radius 3 is 1.79 bits per heavy atom. The summed E-state index contributed by atoms with van der Waals surface area (Å²) in [7, 11) is 4.51. The normalized spacial score (nSPS) is 27.1. The molecule has 1 saturated heterocycles. The lowest BCUT2D eigenvalue weighted by Crippen LogP contribution is -2.60. The van der Waals surface area contributed by atoms with Crippen molar-refractivity contribution in [1.29, 1.82) is 5.26 Å². The van der Waals surface area contributed by atoms with Gasteiger partial charge in [0.1, 0.15) is 36.3 Å². The first-order valence-corrected chi connectivity index (χ1v) is 22.9. The van der Waals surface area contributed by atoms with Crippen molar-refractivity contribution in [2.45, 2.75) is 195 Å². The topological polar surface area (TPSA) is 198 Å². The molecule has 2 aliphatic rings. The Labute approximate surface area is 366 Å². The number of amides is 6. The maximum Gasteiger partial charge on any atom is 0.329 e. The van der Waals surface area contributed by atoms with Crippen LogP contribution in [0.15, 0.2) is 0 Å². The maximum atomic E-state index is 14.7. The van der Waals surface area contributed by atoms with Crippen molar-refractivity contribution in [3.8, 4) is 6.07 Å². The monoisotopic (exact) mass is 858 g/mol. The van der Waals surface area contributed by atoms with Crippen molar-refractivity contribution < 1.29 is 38.3 Å².